The van der Waals surface area contributed by atoms with E-state index in [1.165, 1.54) is 0 Å². The van der Waals surface area contributed by atoms with Crippen LogP contribution in [-0.4, -0.2) is 36.0 Å². The molecule has 76 valence electrons. The molecule has 0 aliphatic carbocycles. The molecule has 1 saturated heterocycles. The summed E-state index contributed by atoms with van der Waals surface area (Å²) in [6.45, 7) is 0.832. The van der Waals surface area contributed by atoms with Gasteiger partial charge in [0.1, 0.15) is 0 Å². The predicted molar refractivity (Wildman–Crippen MR) is 35.7 cm³/mol. The van der Waals surface area contributed by atoms with Crippen LogP contribution >= 0.6 is 0 Å². The first-order chi connectivity index (χ1) is 5.71. The van der Waals surface area contributed by atoms with Crippen LogP contribution in [0.3, 0.4) is 0 Å². The van der Waals surface area contributed by atoms with Gasteiger partial charge in [-0.05, 0) is 6.92 Å². The number of alkyl halides is 4. The zero-order chi connectivity index (χ0) is 10.4. The van der Waals surface area contributed by atoms with Gasteiger partial charge in [0.05, 0.1) is 6.04 Å². The van der Waals surface area contributed by atoms with E-state index >= 15 is 0 Å². The number of hydrogen-bond donors (Lipinski definition) is 1. The van der Waals surface area contributed by atoms with Gasteiger partial charge < -0.3 is 5.32 Å². The van der Waals surface area contributed by atoms with Crippen molar-refractivity contribution in [2.24, 2.45) is 0 Å². The molecule has 1 atom stereocenters. The van der Waals surface area contributed by atoms with Gasteiger partial charge in [0, 0.05) is 7.05 Å². The Morgan fingerprint density at radius 1 is 1.38 bits per heavy atom. The van der Waals surface area contributed by atoms with E-state index in [0.29, 0.717) is 7.05 Å². The molecule has 0 spiro atoms. The van der Waals surface area contributed by atoms with E-state index in [4.69, 9.17) is 0 Å². The van der Waals surface area contributed by atoms with Crippen molar-refractivity contribution >= 4 is 6.03 Å². The monoisotopic (exact) mass is 200 g/mol. The van der Waals surface area contributed by atoms with E-state index < -0.39 is 24.0 Å². The number of nitrogens with zero attached hydrogens (tertiary/aromatic N) is 1. The molecular weight excluding hydrogens is 192 g/mol. The molecule has 1 rings (SSSR count). The fourth-order valence-electron chi connectivity index (χ4n) is 0.984. The van der Waals surface area contributed by atoms with Crippen molar-refractivity contribution in [1.29, 1.82) is 0 Å². The molecule has 0 saturated carbocycles. The zero-order valence-electron chi connectivity index (χ0n) is 6.94. The summed E-state index contributed by atoms with van der Waals surface area (Å²) in [5.41, 5.74) is 0. The zero-order valence-corrected chi connectivity index (χ0v) is 6.94. The predicted octanol–water partition coefficient (Wildman–Crippen LogP) is 1.26. The average molecular weight is 200 g/mol. The van der Waals surface area contributed by atoms with E-state index in [2.05, 4.69) is 0 Å². The van der Waals surface area contributed by atoms with E-state index in [0.717, 1.165) is 6.92 Å². The molecule has 1 aliphatic rings. The Labute approximate surface area is 71.7 Å². The van der Waals surface area contributed by atoms with Crippen LogP contribution in [0.4, 0.5) is 22.4 Å². The lowest BCUT2D eigenvalue weighted by atomic mass is 10.1. The first-order valence-corrected chi connectivity index (χ1v) is 3.51. The Balaban J connectivity index is 3.07. The topological polar surface area (TPSA) is 32.3 Å². The maximum atomic E-state index is 12.8. The van der Waals surface area contributed by atoms with Crippen LogP contribution in [0.15, 0.2) is 0 Å². The third kappa shape index (κ3) is 1.13. The number of amides is 2. The number of carbonyl (C=O) groups is 1. The van der Waals surface area contributed by atoms with Gasteiger partial charge in [0.2, 0.25) is 0 Å². The first kappa shape index (κ1) is 10.1. The van der Waals surface area contributed by atoms with Gasteiger partial charge >= 0.3 is 18.0 Å². The van der Waals surface area contributed by atoms with Gasteiger partial charge in [-0.3, -0.25) is 4.90 Å². The number of nitrogens with one attached hydrogen (secondary N) is 1. The summed E-state index contributed by atoms with van der Waals surface area (Å²) < 4.78 is 51.2. The Kier molecular flexibility index (Phi) is 1.93. The van der Waals surface area contributed by atoms with Gasteiger partial charge in [-0.25, -0.2) is 4.79 Å². The molecule has 0 radical (unpaired) electrons. The molecule has 0 aromatic carbocycles. The number of rotatable bonds is 0. The fourth-order valence-corrected chi connectivity index (χ4v) is 0.984. The van der Waals surface area contributed by atoms with Crippen LogP contribution in [0.25, 0.3) is 0 Å². The van der Waals surface area contributed by atoms with Gasteiger partial charge in [-0.1, -0.05) is 0 Å². The molecule has 1 aliphatic heterocycles. The Morgan fingerprint density at radius 3 is 2.31 bits per heavy atom. The average Bonchev–Trinajstić information content (AvgIpc) is 2.00. The molecule has 2 amide bonds. The number of halogens is 4. The summed E-state index contributed by atoms with van der Waals surface area (Å²) in [5.74, 6) is -4.25. The summed E-state index contributed by atoms with van der Waals surface area (Å²) in [6, 6.07) is -7.51. The number of hydrogen-bond acceptors (Lipinski definition) is 1. The second-order valence-electron chi connectivity index (χ2n) is 2.89. The second-order valence-corrected chi connectivity index (χ2v) is 2.89. The molecule has 7 heteroatoms. The Bertz CT molecular complexity index is 243. The standard InChI is InChI=1S/C6H8F4N2O/c1-3-5(7,8)6(9,10)12(2)4(13)11-3/h3H,1-2H3,(H,11,13). The van der Waals surface area contributed by atoms with Crippen LogP contribution in [0.5, 0.6) is 0 Å². The molecule has 13 heavy (non-hydrogen) atoms. The van der Waals surface area contributed by atoms with Crippen LogP contribution in [0.2, 0.25) is 0 Å². The molecule has 3 nitrogen and oxygen atoms in total. The van der Waals surface area contributed by atoms with Crippen molar-refractivity contribution in [3.8, 4) is 0 Å². The lowest BCUT2D eigenvalue weighted by Crippen LogP contribution is -2.70. The minimum atomic E-state index is -4.44. The van der Waals surface area contributed by atoms with Crippen LogP contribution in [0.1, 0.15) is 6.92 Å². The maximum absolute atomic E-state index is 12.8. The molecule has 1 unspecified atom stereocenters. The minimum Gasteiger partial charge on any atom is -0.329 e. The molecular formula is C6H8F4N2O. The Morgan fingerprint density at radius 2 is 1.85 bits per heavy atom. The summed E-state index contributed by atoms with van der Waals surface area (Å²) in [5, 5.41) is 1.73. The van der Waals surface area contributed by atoms with Crippen LogP contribution < -0.4 is 5.32 Å². The molecule has 0 bridgehead atoms. The summed E-state index contributed by atoms with van der Waals surface area (Å²) in [7, 11) is 0.620. The largest absolute Gasteiger partial charge is 0.394 e. The highest BCUT2D eigenvalue weighted by atomic mass is 19.3. The Hall–Kier alpha value is -1.01. The normalized spacial score (nSPS) is 31.4. The van der Waals surface area contributed by atoms with Gasteiger partial charge in [0.15, 0.2) is 0 Å². The van der Waals surface area contributed by atoms with Crippen molar-refractivity contribution in [1.82, 2.24) is 10.2 Å². The lowest BCUT2D eigenvalue weighted by Gasteiger charge is -2.41. The maximum Gasteiger partial charge on any atom is 0.394 e. The highest BCUT2D eigenvalue weighted by Gasteiger charge is 2.67. The molecule has 1 fully saturated rings. The molecule has 0 aromatic rings. The summed E-state index contributed by atoms with van der Waals surface area (Å²) in [6.07, 6.45) is 0. The van der Waals surface area contributed by atoms with E-state index in [1.807, 2.05) is 0 Å². The van der Waals surface area contributed by atoms with Crippen LogP contribution in [0, 0.1) is 0 Å². The SMILES string of the molecule is CC1NC(=O)N(C)C(F)(F)C1(F)F. The third-order valence-electron chi connectivity index (χ3n) is 2.01. The van der Waals surface area contributed by atoms with Crippen molar-refractivity contribution in [3.05, 3.63) is 0 Å². The van der Waals surface area contributed by atoms with E-state index in [9.17, 15) is 22.4 Å². The van der Waals surface area contributed by atoms with Crippen molar-refractivity contribution in [3.63, 3.8) is 0 Å². The van der Waals surface area contributed by atoms with Gasteiger partial charge in [0.25, 0.3) is 0 Å². The van der Waals surface area contributed by atoms with Crippen molar-refractivity contribution in [2.75, 3.05) is 7.05 Å². The van der Waals surface area contributed by atoms with E-state index in [1.54, 1.807) is 5.32 Å². The highest BCUT2D eigenvalue weighted by molar-refractivity contribution is 5.76. The molecule has 0 aromatic heterocycles. The van der Waals surface area contributed by atoms with Crippen LogP contribution in [-0.2, 0) is 0 Å². The van der Waals surface area contributed by atoms with E-state index in [-0.39, 0.29) is 4.90 Å². The van der Waals surface area contributed by atoms with Crippen molar-refractivity contribution in [2.45, 2.75) is 24.9 Å². The second kappa shape index (κ2) is 2.49. The number of carbonyl (C=O) groups excluding carboxylic acids is 1. The summed E-state index contributed by atoms with van der Waals surface area (Å²) in [4.78, 5) is 10.4. The third-order valence-corrected chi connectivity index (χ3v) is 2.01. The molecule has 1 heterocycles. The van der Waals surface area contributed by atoms with Gasteiger partial charge in [-0.2, -0.15) is 17.6 Å². The highest BCUT2D eigenvalue weighted by Crippen LogP contribution is 2.41. The quantitative estimate of drug-likeness (QED) is 0.463. The molecule has 1 N–H and O–H groups in total. The first-order valence-electron chi connectivity index (χ1n) is 3.51. The van der Waals surface area contributed by atoms with Crippen molar-refractivity contribution < 1.29 is 22.4 Å². The minimum absolute atomic E-state index is 0.299. The summed E-state index contributed by atoms with van der Waals surface area (Å²) >= 11 is 0. The lowest BCUT2D eigenvalue weighted by molar-refractivity contribution is -0.285. The van der Waals surface area contributed by atoms with Gasteiger partial charge in [-0.15, -0.1) is 0 Å². The smallest absolute Gasteiger partial charge is 0.329 e. The fraction of sp³-hybridized carbons (Fsp3) is 0.833. The number of urea groups is 1.